The van der Waals surface area contributed by atoms with Gasteiger partial charge in [0.05, 0.1) is 0 Å². The highest BCUT2D eigenvalue weighted by Crippen LogP contribution is 2.48. The molecule has 0 amide bonds. The molecule has 90 valence electrons. The second-order valence-electron chi connectivity index (χ2n) is 5.70. The number of hydrogen-bond donors (Lipinski definition) is 1. The Bertz CT molecular complexity index is 189. The highest BCUT2D eigenvalue weighted by molar-refractivity contribution is 5.85. The quantitative estimate of drug-likeness (QED) is 0.777. The van der Waals surface area contributed by atoms with Crippen LogP contribution in [-0.2, 0) is 0 Å². The van der Waals surface area contributed by atoms with E-state index < -0.39 is 0 Å². The van der Waals surface area contributed by atoms with Gasteiger partial charge in [-0.2, -0.15) is 0 Å². The second kappa shape index (κ2) is 5.54. The molecule has 2 heteroatoms. The molecule has 2 fully saturated rings. The van der Waals surface area contributed by atoms with E-state index in [-0.39, 0.29) is 12.4 Å². The number of halogens is 1. The van der Waals surface area contributed by atoms with Crippen LogP contribution in [0, 0.1) is 11.3 Å². The normalized spacial score (nSPS) is 33.2. The third kappa shape index (κ3) is 3.64. The number of hydrogen-bond acceptors (Lipinski definition) is 1. The summed E-state index contributed by atoms with van der Waals surface area (Å²) in [6, 6.07) is 0.836. The Morgan fingerprint density at radius 3 is 2.53 bits per heavy atom. The molecule has 1 N–H and O–H groups in total. The number of rotatable bonds is 4. The molecule has 2 aliphatic carbocycles. The Kier molecular flexibility index (Phi) is 4.92. The molecule has 0 aliphatic heterocycles. The number of nitrogens with one attached hydrogen (secondary N) is 1. The van der Waals surface area contributed by atoms with Gasteiger partial charge >= 0.3 is 0 Å². The van der Waals surface area contributed by atoms with Crippen LogP contribution in [0.3, 0.4) is 0 Å². The minimum Gasteiger partial charge on any atom is -0.313 e. The average molecular weight is 232 g/mol. The topological polar surface area (TPSA) is 12.0 Å². The molecule has 0 saturated heterocycles. The zero-order chi connectivity index (χ0) is 10.0. The molecule has 0 radical (unpaired) electrons. The summed E-state index contributed by atoms with van der Waals surface area (Å²) < 4.78 is 0. The van der Waals surface area contributed by atoms with Gasteiger partial charge in [0.15, 0.2) is 0 Å². The third-order valence-electron chi connectivity index (χ3n) is 4.41. The zero-order valence-electron chi connectivity index (χ0n) is 10.2. The van der Waals surface area contributed by atoms with Gasteiger partial charge in [-0.3, -0.25) is 0 Å². The van der Waals surface area contributed by atoms with E-state index in [0.717, 1.165) is 17.4 Å². The van der Waals surface area contributed by atoms with Gasteiger partial charge in [-0.25, -0.2) is 0 Å². The van der Waals surface area contributed by atoms with Crippen molar-refractivity contribution in [2.24, 2.45) is 11.3 Å². The molecule has 2 atom stereocenters. The Labute approximate surface area is 101 Å². The summed E-state index contributed by atoms with van der Waals surface area (Å²) in [4.78, 5) is 0. The predicted octanol–water partition coefficient (Wildman–Crippen LogP) is 3.77. The SMILES string of the molecule is CCC1(CNC2CCCC(C)C2)CC1.Cl. The fourth-order valence-corrected chi connectivity index (χ4v) is 2.81. The summed E-state index contributed by atoms with van der Waals surface area (Å²) in [6.07, 6.45) is 10.1. The van der Waals surface area contributed by atoms with Crippen molar-refractivity contribution in [1.82, 2.24) is 5.32 Å². The molecule has 2 aliphatic rings. The van der Waals surface area contributed by atoms with E-state index >= 15 is 0 Å². The molecule has 0 aromatic carbocycles. The molecular weight excluding hydrogens is 206 g/mol. The van der Waals surface area contributed by atoms with Crippen LogP contribution in [0.2, 0.25) is 0 Å². The van der Waals surface area contributed by atoms with Gasteiger partial charge in [0.1, 0.15) is 0 Å². The van der Waals surface area contributed by atoms with Crippen LogP contribution < -0.4 is 5.32 Å². The van der Waals surface area contributed by atoms with Crippen LogP contribution in [0.5, 0.6) is 0 Å². The van der Waals surface area contributed by atoms with Crippen molar-refractivity contribution >= 4 is 12.4 Å². The molecule has 0 bridgehead atoms. The monoisotopic (exact) mass is 231 g/mol. The summed E-state index contributed by atoms with van der Waals surface area (Å²) >= 11 is 0. The second-order valence-corrected chi connectivity index (χ2v) is 5.70. The Morgan fingerprint density at radius 1 is 1.27 bits per heavy atom. The summed E-state index contributed by atoms with van der Waals surface area (Å²) in [6.45, 7) is 6.04. The van der Waals surface area contributed by atoms with Crippen molar-refractivity contribution in [2.45, 2.75) is 64.8 Å². The van der Waals surface area contributed by atoms with Gasteiger partial charge in [-0.05, 0) is 43.4 Å². The molecule has 2 rings (SSSR count). The van der Waals surface area contributed by atoms with Crippen molar-refractivity contribution in [2.75, 3.05) is 6.54 Å². The lowest BCUT2D eigenvalue weighted by Gasteiger charge is -2.29. The predicted molar refractivity (Wildman–Crippen MR) is 68.6 cm³/mol. The fourth-order valence-electron chi connectivity index (χ4n) is 2.81. The molecular formula is C13H26ClN. The van der Waals surface area contributed by atoms with Gasteiger partial charge in [-0.1, -0.05) is 26.7 Å². The smallest absolute Gasteiger partial charge is 0.00698 e. The van der Waals surface area contributed by atoms with E-state index in [1.807, 2.05) is 0 Å². The Balaban J connectivity index is 0.00000112. The van der Waals surface area contributed by atoms with Crippen molar-refractivity contribution in [3.8, 4) is 0 Å². The van der Waals surface area contributed by atoms with Crippen LogP contribution >= 0.6 is 12.4 Å². The van der Waals surface area contributed by atoms with Crippen molar-refractivity contribution in [3.63, 3.8) is 0 Å². The van der Waals surface area contributed by atoms with Crippen molar-refractivity contribution in [3.05, 3.63) is 0 Å². The van der Waals surface area contributed by atoms with E-state index in [0.29, 0.717) is 0 Å². The van der Waals surface area contributed by atoms with E-state index in [2.05, 4.69) is 19.2 Å². The van der Waals surface area contributed by atoms with Crippen molar-refractivity contribution in [1.29, 1.82) is 0 Å². The third-order valence-corrected chi connectivity index (χ3v) is 4.41. The van der Waals surface area contributed by atoms with Crippen LogP contribution in [0.4, 0.5) is 0 Å². The van der Waals surface area contributed by atoms with E-state index in [4.69, 9.17) is 0 Å². The van der Waals surface area contributed by atoms with Gasteiger partial charge < -0.3 is 5.32 Å². The summed E-state index contributed by atoms with van der Waals surface area (Å²) in [5.74, 6) is 0.957. The lowest BCUT2D eigenvalue weighted by Crippen LogP contribution is -2.37. The fraction of sp³-hybridized carbons (Fsp3) is 1.00. The van der Waals surface area contributed by atoms with Crippen LogP contribution in [0.1, 0.15) is 58.8 Å². The molecule has 0 spiro atoms. The Morgan fingerprint density at radius 2 is 2.00 bits per heavy atom. The molecule has 15 heavy (non-hydrogen) atoms. The van der Waals surface area contributed by atoms with Gasteiger partial charge in [0.25, 0.3) is 0 Å². The van der Waals surface area contributed by atoms with Crippen LogP contribution in [-0.4, -0.2) is 12.6 Å². The van der Waals surface area contributed by atoms with Crippen molar-refractivity contribution < 1.29 is 0 Å². The van der Waals surface area contributed by atoms with Crippen LogP contribution in [0.25, 0.3) is 0 Å². The van der Waals surface area contributed by atoms with Gasteiger partial charge in [0.2, 0.25) is 0 Å². The molecule has 2 unspecified atom stereocenters. The summed E-state index contributed by atoms with van der Waals surface area (Å²) in [7, 11) is 0. The first kappa shape index (κ1) is 13.3. The molecule has 0 heterocycles. The first-order chi connectivity index (χ1) is 6.74. The Hall–Kier alpha value is 0.250. The first-order valence-electron chi connectivity index (χ1n) is 6.47. The maximum Gasteiger partial charge on any atom is 0.00698 e. The summed E-state index contributed by atoms with van der Waals surface area (Å²) in [5.41, 5.74) is 0.723. The van der Waals surface area contributed by atoms with E-state index in [1.165, 1.54) is 51.5 Å². The van der Waals surface area contributed by atoms with Crippen LogP contribution in [0.15, 0.2) is 0 Å². The van der Waals surface area contributed by atoms with Gasteiger partial charge in [0, 0.05) is 12.6 Å². The highest BCUT2D eigenvalue weighted by Gasteiger charge is 2.40. The van der Waals surface area contributed by atoms with Gasteiger partial charge in [-0.15, -0.1) is 12.4 Å². The largest absolute Gasteiger partial charge is 0.313 e. The molecule has 1 nitrogen and oxygen atoms in total. The zero-order valence-corrected chi connectivity index (χ0v) is 11.0. The first-order valence-corrected chi connectivity index (χ1v) is 6.47. The maximum absolute atomic E-state index is 3.81. The molecule has 0 aromatic heterocycles. The molecule has 2 saturated carbocycles. The lowest BCUT2D eigenvalue weighted by atomic mass is 9.86. The minimum absolute atomic E-state index is 0. The van der Waals surface area contributed by atoms with E-state index in [1.54, 1.807) is 0 Å². The summed E-state index contributed by atoms with van der Waals surface area (Å²) in [5, 5.41) is 3.81. The highest BCUT2D eigenvalue weighted by atomic mass is 35.5. The van der Waals surface area contributed by atoms with E-state index in [9.17, 15) is 0 Å². The molecule has 0 aromatic rings. The maximum atomic E-state index is 3.81. The standard InChI is InChI=1S/C13H25N.ClH/c1-3-13(7-8-13)10-14-12-6-4-5-11(2)9-12;/h11-12,14H,3-10H2,1-2H3;1H. The minimum atomic E-state index is 0. The lowest BCUT2D eigenvalue weighted by molar-refractivity contribution is 0.282. The average Bonchev–Trinajstić information content (AvgIpc) is 2.96.